The molecule has 1 aliphatic rings. The van der Waals surface area contributed by atoms with Crippen LogP contribution in [0.4, 0.5) is 0 Å². The quantitative estimate of drug-likeness (QED) is 0.812. The number of ether oxygens (including phenoxy) is 1. The summed E-state index contributed by atoms with van der Waals surface area (Å²) in [4.78, 5) is 14.5. The molecule has 1 aromatic rings. The number of likely N-dealkylation sites (tertiary alicyclic amines) is 1. The van der Waals surface area contributed by atoms with Crippen LogP contribution in [0.2, 0.25) is 0 Å². The minimum absolute atomic E-state index is 0.0421. The number of nitrogens with zero attached hydrogens (tertiary/aromatic N) is 3. The lowest BCUT2D eigenvalue weighted by molar-refractivity contribution is -0.124. The van der Waals surface area contributed by atoms with E-state index in [0.717, 1.165) is 45.6 Å². The second-order valence-corrected chi connectivity index (χ2v) is 5.69. The molecule has 1 amide bonds. The Morgan fingerprint density at radius 1 is 1.48 bits per heavy atom. The van der Waals surface area contributed by atoms with Gasteiger partial charge in [-0.25, -0.2) is 0 Å². The number of methoxy groups -OCH3 is 1. The molecule has 6 heteroatoms. The summed E-state index contributed by atoms with van der Waals surface area (Å²) in [6.45, 7) is 6.63. The number of aromatic nitrogens is 2. The van der Waals surface area contributed by atoms with E-state index in [9.17, 15) is 4.79 Å². The van der Waals surface area contributed by atoms with Crippen molar-refractivity contribution in [3.63, 3.8) is 0 Å². The van der Waals surface area contributed by atoms with Crippen LogP contribution in [0.25, 0.3) is 0 Å². The molecular formula is C15H26N4O2. The topological polar surface area (TPSA) is 59.4 Å². The highest BCUT2D eigenvalue weighted by molar-refractivity contribution is 5.79. The minimum atomic E-state index is -0.248. The third kappa shape index (κ3) is 4.82. The first kappa shape index (κ1) is 16.0. The molecule has 2 heterocycles. The number of nitrogens with one attached hydrogen (secondary N) is 1. The third-order valence-corrected chi connectivity index (χ3v) is 4.18. The first-order valence-electron chi connectivity index (χ1n) is 7.69. The summed E-state index contributed by atoms with van der Waals surface area (Å²) in [7, 11) is 1.74. The van der Waals surface area contributed by atoms with Crippen molar-refractivity contribution in [2.45, 2.75) is 25.8 Å². The van der Waals surface area contributed by atoms with Gasteiger partial charge < -0.3 is 15.0 Å². The average molecular weight is 294 g/mol. The van der Waals surface area contributed by atoms with Gasteiger partial charge in [-0.15, -0.1) is 0 Å². The van der Waals surface area contributed by atoms with Crippen molar-refractivity contribution in [3.05, 3.63) is 18.5 Å². The van der Waals surface area contributed by atoms with Gasteiger partial charge >= 0.3 is 0 Å². The Morgan fingerprint density at radius 2 is 2.24 bits per heavy atom. The Kier molecular flexibility index (Phi) is 6.20. The lowest BCUT2D eigenvalue weighted by Crippen LogP contribution is -2.41. The summed E-state index contributed by atoms with van der Waals surface area (Å²) < 4.78 is 6.79. The fourth-order valence-electron chi connectivity index (χ4n) is 2.66. The number of rotatable bonds is 7. The SMILES string of the molecule is COCCN1CCC(CNC(=O)[C@H](C)n2cccn2)CC1. The van der Waals surface area contributed by atoms with Gasteiger partial charge in [-0.3, -0.25) is 9.48 Å². The van der Waals surface area contributed by atoms with Crippen LogP contribution in [-0.2, 0) is 9.53 Å². The van der Waals surface area contributed by atoms with E-state index in [0.29, 0.717) is 5.92 Å². The summed E-state index contributed by atoms with van der Waals surface area (Å²) in [5.41, 5.74) is 0. The Balaban J connectivity index is 1.66. The summed E-state index contributed by atoms with van der Waals surface area (Å²) in [6, 6.07) is 1.58. The smallest absolute Gasteiger partial charge is 0.244 e. The van der Waals surface area contributed by atoms with Crippen molar-refractivity contribution in [3.8, 4) is 0 Å². The van der Waals surface area contributed by atoms with Gasteiger partial charge in [0.25, 0.3) is 0 Å². The normalized spacial score (nSPS) is 18.6. The number of carbonyl (C=O) groups is 1. The molecule has 6 nitrogen and oxygen atoms in total. The molecule has 0 saturated carbocycles. The van der Waals surface area contributed by atoms with Gasteiger partial charge in [0.05, 0.1) is 6.61 Å². The summed E-state index contributed by atoms with van der Waals surface area (Å²) in [5.74, 6) is 0.623. The lowest BCUT2D eigenvalue weighted by atomic mass is 9.97. The number of carbonyl (C=O) groups excluding carboxylic acids is 1. The van der Waals surface area contributed by atoms with E-state index in [2.05, 4.69) is 15.3 Å². The molecule has 0 radical (unpaired) electrons. The fourth-order valence-corrected chi connectivity index (χ4v) is 2.66. The maximum absolute atomic E-state index is 12.1. The van der Waals surface area contributed by atoms with Crippen LogP contribution in [0.15, 0.2) is 18.5 Å². The maximum atomic E-state index is 12.1. The Bertz CT molecular complexity index is 413. The van der Waals surface area contributed by atoms with E-state index in [1.807, 2.05) is 19.2 Å². The molecular weight excluding hydrogens is 268 g/mol. The number of hydrogen-bond acceptors (Lipinski definition) is 4. The highest BCUT2D eigenvalue weighted by atomic mass is 16.5. The molecule has 0 aliphatic carbocycles. The number of hydrogen-bond donors (Lipinski definition) is 1. The fraction of sp³-hybridized carbons (Fsp3) is 0.733. The molecule has 1 atom stereocenters. The predicted octanol–water partition coefficient (Wildman–Crippen LogP) is 0.919. The number of amides is 1. The van der Waals surface area contributed by atoms with Crippen molar-refractivity contribution in [1.82, 2.24) is 20.0 Å². The van der Waals surface area contributed by atoms with Crippen LogP contribution >= 0.6 is 0 Å². The molecule has 21 heavy (non-hydrogen) atoms. The molecule has 1 saturated heterocycles. The molecule has 0 unspecified atom stereocenters. The molecule has 1 aliphatic heterocycles. The molecule has 2 rings (SSSR count). The van der Waals surface area contributed by atoms with E-state index in [-0.39, 0.29) is 11.9 Å². The van der Waals surface area contributed by atoms with Gasteiger partial charge in [0.15, 0.2) is 0 Å². The molecule has 1 N–H and O–H groups in total. The van der Waals surface area contributed by atoms with E-state index >= 15 is 0 Å². The van der Waals surface area contributed by atoms with Gasteiger partial charge in [0.2, 0.25) is 5.91 Å². The van der Waals surface area contributed by atoms with Crippen LogP contribution in [0.3, 0.4) is 0 Å². The van der Waals surface area contributed by atoms with Crippen molar-refractivity contribution in [2.24, 2.45) is 5.92 Å². The van der Waals surface area contributed by atoms with Gasteiger partial charge in [-0.1, -0.05) is 0 Å². The van der Waals surface area contributed by atoms with E-state index in [4.69, 9.17) is 4.74 Å². The monoisotopic (exact) mass is 294 g/mol. The van der Waals surface area contributed by atoms with Crippen LogP contribution in [0, 0.1) is 5.92 Å². The second-order valence-electron chi connectivity index (χ2n) is 5.69. The molecule has 0 spiro atoms. The Morgan fingerprint density at radius 3 is 2.86 bits per heavy atom. The standard InChI is InChI=1S/C15H26N4O2/c1-13(19-7-3-6-17-19)15(20)16-12-14-4-8-18(9-5-14)10-11-21-2/h3,6-7,13-14H,4-5,8-12H2,1-2H3,(H,16,20)/t13-/m0/s1. The van der Waals surface area contributed by atoms with Gasteiger partial charge in [0, 0.05) is 32.6 Å². The number of piperidine rings is 1. The van der Waals surface area contributed by atoms with Crippen molar-refractivity contribution >= 4 is 5.91 Å². The highest BCUT2D eigenvalue weighted by Gasteiger charge is 2.21. The van der Waals surface area contributed by atoms with Crippen molar-refractivity contribution in [1.29, 1.82) is 0 Å². The van der Waals surface area contributed by atoms with Crippen molar-refractivity contribution in [2.75, 3.05) is 39.9 Å². The van der Waals surface area contributed by atoms with Crippen LogP contribution < -0.4 is 5.32 Å². The van der Waals surface area contributed by atoms with Crippen LogP contribution in [0.5, 0.6) is 0 Å². The summed E-state index contributed by atoms with van der Waals surface area (Å²) >= 11 is 0. The zero-order valence-electron chi connectivity index (χ0n) is 13.0. The van der Waals surface area contributed by atoms with Gasteiger partial charge in [0.1, 0.15) is 6.04 Å². The second kappa shape index (κ2) is 8.14. The van der Waals surface area contributed by atoms with Gasteiger partial charge in [-0.2, -0.15) is 5.10 Å². The summed E-state index contributed by atoms with van der Waals surface area (Å²) in [6.07, 6.45) is 5.79. The van der Waals surface area contributed by atoms with Crippen LogP contribution in [-0.4, -0.2) is 60.5 Å². The zero-order chi connectivity index (χ0) is 15.1. The molecule has 0 bridgehead atoms. The summed E-state index contributed by atoms with van der Waals surface area (Å²) in [5, 5.41) is 7.16. The largest absolute Gasteiger partial charge is 0.383 e. The first-order chi connectivity index (χ1) is 10.2. The Hall–Kier alpha value is -1.40. The van der Waals surface area contributed by atoms with Gasteiger partial charge in [-0.05, 0) is 44.8 Å². The van der Waals surface area contributed by atoms with E-state index in [1.165, 1.54) is 0 Å². The van der Waals surface area contributed by atoms with Crippen LogP contribution in [0.1, 0.15) is 25.8 Å². The average Bonchev–Trinajstić information content (AvgIpc) is 3.05. The van der Waals surface area contributed by atoms with E-state index < -0.39 is 0 Å². The third-order valence-electron chi connectivity index (χ3n) is 4.18. The zero-order valence-corrected chi connectivity index (χ0v) is 13.0. The molecule has 0 aromatic carbocycles. The van der Waals surface area contributed by atoms with Crippen molar-refractivity contribution < 1.29 is 9.53 Å². The first-order valence-corrected chi connectivity index (χ1v) is 7.69. The molecule has 1 aromatic heterocycles. The molecule has 1 fully saturated rings. The molecule has 118 valence electrons. The Labute approximate surface area is 126 Å². The maximum Gasteiger partial charge on any atom is 0.244 e. The predicted molar refractivity (Wildman–Crippen MR) is 81.0 cm³/mol. The highest BCUT2D eigenvalue weighted by Crippen LogP contribution is 2.16. The van der Waals surface area contributed by atoms with E-state index in [1.54, 1.807) is 18.0 Å². The lowest BCUT2D eigenvalue weighted by Gasteiger charge is -2.31. The minimum Gasteiger partial charge on any atom is -0.383 e.